The Morgan fingerprint density at radius 3 is 1.27 bits per heavy atom. The average molecular weight is 1370 g/mol. The molecule has 13 heteroatoms. The van der Waals surface area contributed by atoms with Gasteiger partial charge in [-0.05, 0) is 88.0 Å². The predicted octanol–water partition coefficient (Wildman–Crippen LogP) is 18.0. The molecule has 13 nitrogen and oxygen atoms in total. The monoisotopic (exact) mass is 1370 g/mol. The van der Waals surface area contributed by atoms with Gasteiger partial charge in [-0.15, -0.1) is 9.20 Å². The summed E-state index contributed by atoms with van der Waals surface area (Å²) in [4.78, 5) is 4.84. The van der Waals surface area contributed by atoms with Crippen LogP contribution in [-0.2, 0) is 60.7 Å². The highest BCUT2D eigenvalue weighted by atomic mass is 16.5. The lowest BCUT2D eigenvalue weighted by molar-refractivity contribution is -0.735. The van der Waals surface area contributed by atoms with Crippen molar-refractivity contribution in [3.63, 3.8) is 0 Å². The maximum absolute atomic E-state index is 5.68. The Morgan fingerprint density at radius 1 is 0.340 bits per heavy atom. The Bertz CT molecular complexity index is 6220. The van der Waals surface area contributed by atoms with Crippen molar-refractivity contribution in [2.75, 3.05) is 28.4 Å². The highest BCUT2D eigenvalue weighted by Gasteiger charge is 2.54. The van der Waals surface area contributed by atoms with Crippen molar-refractivity contribution in [3.05, 3.63) is 208 Å². The van der Waals surface area contributed by atoms with Crippen LogP contribution >= 0.6 is 0 Å². The number of pyridine rings is 5. The minimum atomic E-state index is -0.00760. The van der Waals surface area contributed by atoms with Crippen LogP contribution in [0.15, 0.2) is 146 Å². The fraction of sp³-hybridized carbons (Fsp3) is 0.344. The Labute approximate surface area is 603 Å². The third-order valence-corrected chi connectivity index (χ3v) is 26.6. The molecule has 12 heterocycles. The third kappa shape index (κ3) is 8.56. The summed E-state index contributed by atoms with van der Waals surface area (Å²) >= 11 is 0. The summed E-state index contributed by atoms with van der Waals surface area (Å²) in [5.74, 6) is 3.65. The molecule has 9 aromatic heterocycles. The van der Waals surface area contributed by atoms with Crippen LogP contribution in [0.2, 0.25) is 0 Å². The Morgan fingerprint density at radius 2 is 0.748 bits per heavy atom. The van der Waals surface area contributed by atoms with Crippen molar-refractivity contribution in [1.82, 2.24) is 22.7 Å². The van der Waals surface area contributed by atoms with Crippen molar-refractivity contribution in [2.24, 2.45) is 28.2 Å². The zero-order valence-electron chi connectivity index (χ0n) is 65.0. The fourth-order valence-electron chi connectivity index (χ4n) is 18.7. The standard InChI is InChI=1S/C25H29N2O.C24H27N2O.C23H26N3O.C18H17N2O/c1-14-9-11-17-22-20(14)16-10-12-18(28-8)15(2)21(16)23-26(7)13-19(27(22)23)25(5,6)24(17,3)4;1-14-18(27-7)12-11-15-16-9-8-10-17-21(16)26-19(24(4,5)23(17,2)3)13-25(6)22(26)20(14)15;1-13-16(27-7)11-24-19-14-9-8-10-15-20(14)26-17(23(4,5)22(15,2)3)12-25(6)21(26)18(13)19;1-12-17(21-3)9-8-15-13-6-4-5-7-14(13)16-10-11-19(2)20(16)18(12)15/h9-13H,1-8H3;8-13H,1-7H3;8-12H,1-7H3;4-11H,1-3H3/q4*+1. The van der Waals surface area contributed by atoms with E-state index in [2.05, 4.69) is 322 Å². The zero-order valence-corrected chi connectivity index (χ0v) is 65.0. The summed E-state index contributed by atoms with van der Waals surface area (Å²) in [7, 11) is 15.5. The lowest BCUT2D eigenvalue weighted by Crippen LogP contribution is -2.44. The van der Waals surface area contributed by atoms with Crippen LogP contribution in [0.4, 0.5) is 0 Å². The topological polar surface area (TPSA) is 83.0 Å². The quantitative estimate of drug-likeness (QED) is 0.129. The number of hydrogen-bond acceptors (Lipinski definition) is 5. The molecule has 0 radical (unpaired) electrons. The van der Waals surface area contributed by atoms with E-state index in [9.17, 15) is 0 Å². The number of nitrogens with zero attached hydrogens (tertiary/aromatic N) is 9. The van der Waals surface area contributed by atoms with Crippen LogP contribution in [-0.4, -0.2) is 51.1 Å². The van der Waals surface area contributed by atoms with E-state index in [4.69, 9.17) is 23.9 Å². The third-order valence-electron chi connectivity index (χ3n) is 26.6. The van der Waals surface area contributed by atoms with Crippen LogP contribution < -0.4 is 37.3 Å². The van der Waals surface area contributed by atoms with Crippen LogP contribution in [0.5, 0.6) is 23.0 Å². The smallest absolute Gasteiger partial charge is 0.296 e. The Balaban J connectivity index is 0.000000107. The van der Waals surface area contributed by atoms with Crippen LogP contribution in [0.1, 0.15) is 145 Å². The number of methoxy groups -OCH3 is 4. The number of imidazole rings is 3. The van der Waals surface area contributed by atoms with E-state index in [0.717, 1.165) is 39.6 Å². The molecule has 0 N–H and O–H groups in total. The molecule has 3 aliphatic rings. The molecule has 19 rings (SSSR count). The van der Waals surface area contributed by atoms with Gasteiger partial charge in [0.2, 0.25) is 0 Å². The Kier molecular flexibility index (Phi) is 14.6. The molecular formula is C90H99N9O4+4. The first-order valence-corrected chi connectivity index (χ1v) is 36.3. The van der Waals surface area contributed by atoms with Crippen LogP contribution in [0, 0.1) is 34.6 Å². The molecule has 0 unspecified atom stereocenters. The summed E-state index contributed by atoms with van der Waals surface area (Å²) in [6.45, 7) is 39.3. The summed E-state index contributed by atoms with van der Waals surface area (Å²) < 4.78 is 41.2. The van der Waals surface area contributed by atoms with Crippen molar-refractivity contribution in [1.29, 1.82) is 0 Å². The Hall–Kier alpha value is -10.3. The lowest BCUT2D eigenvalue weighted by Gasteiger charge is -2.43. The largest absolute Gasteiger partial charge is 0.496 e. The van der Waals surface area contributed by atoms with Gasteiger partial charge in [0, 0.05) is 115 Å². The molecule has 0 atom stereocenters. The van der Waals surface area contributed by atoms with E-state index < -0.39 is 0 Å². The molecule has 103 heavy (non-hydrogen) atoms. The molecule has 3 aliphatic heterocycles. The molecule has 0 bridgehead atoms. The molecule has 0 spiro atoms. The highest BCUT2D eigenvalue weighted by Crippen LogP contribution is 2.55. The molecule has 0 aliphatic carbocycles. The van der Waals surface area contributed by atoms with Gasteiger partial charge in [0.15, 0.2) is 30.3 Å². The highest BCUT2D eigenvalue weighted by molar-refractivity contribution is 6.17. The van der Waals surface area contributed by atoms with Gasteiger partial charge in [-0.3, -0.25) is 4.98 Å². The van der Waals surface area contributed by atoms with Gasteiger partial charge in [0.1, 0.15) is 69.2 Å². The van der Waals surface area contributed by atoms with E-state index in [-0.39, 0.29) is 32.5 Å². The van der Waals surface area contributed by atoms with Gasteiger partial charge in [-0.25, -0.2) is 13.7 Å². The van der Waals surface area contributed by atoms with E-state index >= 15 is 0 Å². The van der Waals surface area contributed by atoms with Gasteiger partial charge in [0.05, 0.1) is 77.5 Å². The average Bonchev–Trinajstić information content (AvgIpc) is 1.64. The molecule has 0 fully saturated rings. The molecule has 16 aromatic rings. The number of benzene rings is 7. The number of para-hydroxylation sites is 2. The molecule has 0 saturated carbocycles. The SMILES string of the molecule is COc1ccc2c3c(C)ccc4c3n3c(c[n+](C)c3c2c1C)C(C)(C)C4(C)C.COc1ccc2c3cccc4c3n3c(c[n+](C)c3c2c1C)C(C)(C)C4(C)C.COc1ccc2c3ccccc3c3cc[n+](C)n3c2c1C.COc1cnc2c3cccc4c3n3c(c[n+](C)c3c2c1C)C(C)(C)C4(C)C. The van der Waals surface area contributed by atoms with E-state index in [0.29, 0.717) is 0 Å². The number of rotatable bonds is 4. The number of aromatic nitrogens is 9. The van der Waals surface area contributed by atoms with Gasteiger partial charge >= 0.3 is 0 Å². The van der Waals surface area contributed by atoms with Crippen molar-refractivity contribution in [2.45, 2.75) is 150 Å². The number of ether oxygens (including phenoxy) is 4. The van der Waals surface area contributed by atoms with E-state index in [1.54, 1.807) is 28.4 Å². The summed E-state index contributed by atoms with van der Waals surface area (Å²) in [6.07, 6.45) is 10.9. The number of aryl methyl sites for hydroxylation is 9. The second-order valence-corrected chi connectivity index (χ2v) is 32.9. The fourth-order valence-corrected chi connectivity index (χ4v) is 18.7. The first kappa shape index (κ1) is 67.2. The maximum atomic E-state index is 5.68. The predicted molar refractivity (Wildman–Crippen MR) is 420 cm³/mol. The van der Waals surface area contributed by atoms with Gasteiger partial charge in [0.25, 0.3) is 16.9 Å². The second kappa shape index (κ2) is 22.4. The van der Waals surface area contributed by atoms with Crippen molar-refractivity contribution < 1.29 is 37.3 Å². The summed E-state index contributed by atoms with van der Waals surface area (Å²) in [5.41, 5.74) is 25.6. The zero-order chi connectivity index (χ0) is 73.3. The molecule has 0 amide bonds. The normalized spacial score (nSPS) is 16.1. The first-order valence-electron chi connectivity index (χ1n) is 36.3. The van der Waals surface area contributed by atoms with Gasteiger partial charge < -0.3 is 18.9 Å². The molecule has 0 saturated heterocycles. The van der Waals surface area contributed by atoms with Crippen LogP contribution in [0.3, 0.4) is 0 Å². The molecule has 524 valence electrons. The number of fused-ring (bicyclic) bond motifs is 15. The summed E-state index contributed by atoms with van der Waals surface area (Å²) in [5, 5.41) is 14.1. The molecule has 7 aromatic carbocycles. The van der Waals surface area contributed by atoms with Crippen molar-refractivity contribution in [3.8, 4) is 23.0 Å². The minimum Gasteiger partial charge on any atom is -0.496 e. The second-order valence-electron chi connectivity index (χ2n) is 32.9. The lowest BCUT2D eigenvalue weighted by atomic mass is 9.60. The van der Waals surface area contributed by atoms with Crippen LogP contribution in [0.25, 0.3) is 109 Å². The number of hydrogen-bond donors (Lipinski definition) is 0. The molecular weight excluding hydrogens is 1270 g/mol. The van der Waals surface area contributed by atoms with E-state index in [1.807, 2.05) is 6.20 Å². The minimum absolute atomic E-state index is 0.00676. The maximum Gasteiger partial charge on any atom is 0.296 e. The summed E-state index contributed by atoms with van der Waals surface area (Å²) in [6, 6.07) is 41.7. The van der Waals surface area contributed by atoms with Gasteiger partial charge in [-0.1, -0.05) is 150 Å². The van der Waals surface area contributed by atoms with Gasteiger partial charge in [-0.2, -0.15) is 13.2 Å². The first-order chi connectivity index (χ1) is 48.8. The van der Waals surface area contributed by atoms with Crippen molar-refractivity contribution >= 4 is 109 Å². The van der Waals surface area contributed by atoms with E-state index in [1.165, 1.54) is 154 Å².